The zero-order chi connectivity index (χ0) is 20.4. The highest BCUT2D eigenvalue weighted by Gasteiger charge is 2.06. The summed E-state index contributed by atoms with van der Waals surface area (Å²) in [7, 11) is 0. The molecule has 0 unspecified atom stereocenters. The maximum atomic E-state index is 11.8. The number of nitrogens with zero attached hydrogens (tertiary/aromatic N) is 2. The molecular weight excluding hydrogens is 397 g/mol. The van der Waals surface area contributed by atoms with Gasteiger partial charge in [-0.05, 0) is 48.7 Å². The monoisotopic (exact) mass is 421 g/mol. The summed E-state index contributed by atoms with van der Waals surface area (Å²) in [6.07, 6.45) is 3.82. The van der Waals surface area contributed by atoms with E-state index in [0.717, 1.165) is 31.5 Å². The molecule has 0 saturated heterocycles. The van der Waals surface area contributed by atoms with E-state index in [1.807, 2.05) is 12.1 Å². The average Bonchev–Trinajstić information content (AvgIpc) is 2.68. The highest BCUT2D eigenvalue weighted by Crippen LogP contribution is 2.27. The third kappa shape index (κ3) is 7.06. The van der Waals surface area contributed by atoms with Crippen LogP contribution >= 0.6 is 23.2 Å². The van der Waals surface area contributed by atoms with Crippen molar-refractivity contribution in [1.82, 2.24) is 5.43 Å². The van der Waals surface area contributed by atoms with Crippen molar-refractivity contribution in [3.63, 3.8) is 0 Å². The van der Waals surface area contributed by atoms with Gasteiger partial charge in [-0.15, -0.1) is 0 Å². The third-order valence-electron chi connectivity index (χ3n) is 3.90. The Balaban J connectivity index is 1.83. The van der Waals surface area contributed by atoms with Gasteiger partial charge in [0.1, 0.15) is 5.75 Å². The number of ether oxygens (including phenoxy) is 1. The topological polar surface area (TPSA) is 53.9 Å². The molecule has 0 radical (unpaired) electrons. The standard InChI is InChI=1S/C21H25Cl2N3O2/c1-3-11-26(12-4-2)18-8-5-16(6-9-18)14-24-25-21(27)15-28-20-10-7-17(22)13-19(20)23/h5-10,13-14H,3-4,11-12,15H2,1-2H3,(H,25,27). The Bertz CT molecular complexity index is 789. The molecule has 0 spiro atoms. The maximum Gasteiger partial charge on any atom is 0.277 e. The molecule has 0 aromatic heterocycles. The number of rotatable bonds is 10. The Kier molecular flexibility index (Phi) is 9.11. The van der Waals surface area contributed by atoms with Crippen molar-refractivity contribution in [3.8, 4) is 5.75 Å². The van der Waals surface area contributed by atoms with Gasteiger partial charge in [0.2, 0.25) is 0 Å². The lowest BCUT2D eigenvalue weighted by atomic mass is 10.2. The Hall–Kier alpha value is -2.24. The molecule has 0 aliphatic heterocycles. The molecule has 28 heavy (non-hydrogen) atoms. The number of hydrazone groups is 1. The van der Waals surface area contributed by atoms with Gasteiger partial charge < -0.3 is 9.64 Å². The summed E-state index contributed by atoms with van der Waals surface area (Å²) in [5.74, 6) is 0.0143. The number of carbonyl (C=O) groups is 1. The van der Waals surface area contributed by atoms with E-state index in [1.165, 1.54) is 5.69 Å². The van der Waals surface area contributed by atoms with Crippen LogP contribution in [0.25, 0.3) is 0 Å². The van der Waals surface area contributed by atoms with Gasteiger partial charge in [-0.1, -0.05) is 49.2 Å². The predicted molar refractivity (Wildman–Crippen MR) is 117 cm³/mol. The van der Waals surface area contributed by atoms with E-state index < -0.39 is 0 Å². The zero-order valence-corrected chi connectivity index (χ0v) is 17.6. The summed E-state index contributed by atoms with van der Waals surface area (Å²) in [5, 5.41) is 4.82. The third-order valence-corrected chi connectivity index (χ3v) is 4.43. The Labute approximate surface area is 176 Å². The lowest BCUT2D eigenvalue weighted by Gasteiger charge is -2.23. The van der Waals surface area contributed by atoms with Crippen LogP contribution in [0.5, 0.6) is 5.75 Å². The Morgan fingerprint density at radius 1 is 1.11 bits per heavy atom. The van der Waals surface area contributed by atoms with Crippen molar-refractivity contribution in [2.75, 3.05) is 24.6 Å². The van der Waals surface area contributed by atoms with Crippen molar-refractivity contribution in [2.24, 2.45) is 5.10 Å². The van der Waals surface area contributed by atoms with Crippen LogP contribution in [0.1, 0.15) is 32.3 Å². The van der Waals surface area contributed by atoms with Crippen LogP contribution in [0.4, 0.5) is 5.69 Å². The van der Waals surface area contributed by atoms with Crippen LogP contribution in [0.2, 0.25) is 10.0 Å². The molecule has 150 valence electrons. The Morgan fingerprint density at radius 3 is 2.39 bits per heavy atom. The molecule has 2 aromatic carbocycles. The molecule has 0 saturated carbocycles. The van der Waals surface area contributed by atoms with Gasteiger partial charge >= 0.3 is 0 Å². The lowest BCUT2D eigenvalue weighted by Crippen LogP contribution is -2.25. The minimum atomic E-state index is -0.379. The first-order valence-corrected chi connectivity index (χ1v) is 10.0. The average molecular weight is 422 g/mol. The fourth-order valence-electron chi connectivity index (χ4n) is 2.63. The zero-order valence-electron chi connectivity index (χ0n) is 16.1. The van der Waals surface area contributed by atoms with Crippen molar-refractivity contribution in [2.45, 2.75) is 26.7 Å². The summed E-state index contributed by atoms with van der Waals surface area (Å²) >= 11 is 11.8. The SMILES string of the molecule is CCCN(CCC)c1ccc(C=NNC(=O)COc2ccc(Cl)cc2Cl)cc1. The van der Waals surface area contributed by atoms with E-state index in [1.54, 1.807) is 24.4 Å². The van der Waals surface area contributed by atoms with E-state index in [4.69, 9.17) is 27.9 Å². The van der Waals surface area contributed by atoms with Crippen LogP contribution < -0.4 is 15.1 Å². The normalized spacial score (nSPS) is 10.9. The molecule has 7 heteroatoms. The molecule has 0 aliphatic carbocycles. The number of hydrogen-bond acceptors (Lipinski definition) is 4. The number of hydrogen-bond donors (Lipinski definition) is 1. The summed E-state index contributed by atoms with van der Waals surface area (Å²) in [6, 6.07) is 12.9. The summed E-state index contributed by atoms with van der Waals surface area (Å²) in [5.41, 5.74) is 4.53. The molecule has 2 rings (SSSR count). The molecule has 0 bridgehead atoms. The molecule has 1 amide bonds. The molecule has 0 atom stereocenters. The number of amides is 1. The second-order valence-corrected chi connectivity index (χ2v) is 7.08. The van der Waals surface area contributed by atoms with Crippen LogP contribution in [0.3, 0.4) is 0 Å². The quantitative estimate of drug-likeness (QED) is 0.426. The molecule has 1 N–H and O–H groups in total. The van der Waals surface area contributed by atoms with Gasteiger partial charge in [-0.3, -0.25) is 4.79 Å². The number of halogens is 2. The smallest absolute Gasteiger partial charge is 0.277 e. The van der Waals surface area contributed by atoms with Crippen LogP contribution in [-0.2, 0) is 4.79 Å². The second kappa shape index (κ2) is 11.6. The molecular formula is C21H25Cl2N3O2. The van der Waals surface area contributed by atoms with Crippen LogP contribution in [0.15, 0.2) is 47.6 Å². The predicted octanol–water partition coefficient (Wildman–Crippen LogP) is 5.15. The highest BCUT2D eigenvalue weighted by atomic mass is 35.5. The van der Waals surface area contributed by atoms with Crippen molar-refractivity contribution < 1.29 is 9.53 Å². The first kappa shape index (κ1) is 22.1. The van der Waals surface area contributed by atoms with Gasteiger partial charge in [0.15, 0.2) is 6.61 Å². The second-order valence-electron chi connectivity index (χ2n) is 6.24. The largest absolute Gasteiger partial charge is 0.482 e. The van der Waals surface area contributed by atoms with E-state index in [-0.39, 0.29) is 12.5 Å². The fraction of sp³-hybridized carbons (Fsp3) is 0.333. The Morgan fingerprint density at radius 2 is 1.79 bits per heavy atom. The number of nitrogens with one attached hydrogen (secondary N) is 1. The molecule has 0 heterocycles. The first-order valence-electron chi connectivity index (χ1n) is 9.28. The summed E-state index contributed by atoms with van der Waals surface area (Å²) in [4.78, 5) is 14.2. The maximum absolute atomic E-state index is 11.8. The van der Waals surface area contributed by atoms with Crippen LogP contribution in [0, 0.1) is 0 Å². The number of anilines is 1. The minimum Gasteiger partial charge on any atom is -0.482 e. The molecule has 5 nitrogen and oxygen atoms in total. The highest BCUT2D eigenvalue weighted by molar-refractivity contribution is 6.35. The van der Waals surface area contributed by atoms with Crippen LogP contribution in [-0.4, -0.2) is 31.8 Å². The van der Waals surface area contributed by atoms with Gasteiger partial charge in [0, 0.05) is 23.8 Å². The lowest BCUT2D eigenvalue weighted by molar-refractivity contribution is -0.123. The van der Waals surface area contributed by atoms with Gasteiger partial charge in [-0.2, -0.15) is 5.10 Å². The first-order chi connectivity index (χ1) is 13.5. The van der Waals surface area contributed by atoms with Gasteiger partial charge in [0.25, 0.3) is 5.91 Å². The fourth-order valence-corrected chi connectivity index (χ4v) is 3.09. The van der Waals surface area contributed by atoms with Gasteiger partial charge in [0.05, 0.1) is 11.2 Å². The molecule has 0 aliphatic rings. The van der Waals surface area contributed by atoms with E-state index in [2.05, 4.69) is 41.4 Å². The summed E-state index contributed by atoms with van der Waals surface area (Å²) < 4.78 is 5.36. The van der Waals surface area contributed by atoms with Crippen molar-refractivity contribution >= 4 is 41.0 Å². The molecule has 0 fully saturated rings. The molecule has 2 aromatic rings. The number of benzene rings is 2. The van der Waals surface area contributed by atoms with Crippen molar-refractivity contribution in [1.29, 1.82) is 0 Å². The minimum absolute atomic E-state index is 0.194. The number of carbonyl (C=O) groups excluding carboxylic acids is 1. The van der Waals surface area contributed by atoms with E-state index >= 15 is 0 Å². The van der Waals surface area contributed by atoms with Crippen molar-refractivity contribution in [3.05, 3.63) is 58.1 Å². The van der Waals surface area contributed by atoms with Gasteiger partial charge in [-0.25, -0.2) is 5.43 Å². The summed E-state index contributed by atoms with van der Waals surface area (Å²) in [6.45, 7) is 6.23. The van der Waals surface area contributed by atoms with E-state index in [0.29, 0.717) is 15.8 Å². The van der Waals surface area contributed by atoms with E-state index in [9.17, 15) is 4.79 Å².